The zero-order valence-electron chi connectivity index (χ0n) is 14.9. The summed E-state index contributed by atoms with van der Waals surface area (Å²) in [6.07, 6.45) is -4.41. The van der Waals surface area contributed by atoms with E-state index in [-0.39, 0.29) is 17.1 Å². The molecule has 2 aromatic rings. The standard InChI is InChI=1S/C15H19F4N5O4S/c16-11-6-5-9(8-10(11)15(17,18)19)21-14(22-25)13-12(23-28-24-13)4-2-1-3-7-29(20,26)27/h5-6,8,14,21-22,25H,1-4,7H2,(H2,20,26,27). The highest BCUT2D eigenvalue weighted by Crippen LogP contribution is 2.33. The van der Waals surface area contributed by atoms with Crippen LogP contribution in [0.15, 0.2) is 22.8 Å². The van der Waals surface area contributed by atoms with Crippen molar-refractivity contribution in [1.29, 1.82) is 0 Å². The third kappa shape index (κ3) is 6.92. The molecule has 5 N–H and O–H groups in total. The van der Waals surface area contributed by atoms with Gasteiger partial charge in [0.1, 0.15) is 23.4 Å². The number of nitrogens with zero attached hydrogens (tertiary/aromatic N) is 2. The second-order valence-corrected chi connectivity index (χ2v) is 7.91. The summed E-state index contributed by atoms with van der Waals surface area (Å²) in [6, 6.07) is 2.27. The Hall–Kier alpha value is -2.29. The van der Waals surface area contributed by atoms with Crippen molar-refractivity contribution in [3.05, 3.63) is 41.0 Å². The summed E-state index contributed by atoms with van der Waals surface area (Å²) in [6.45, 7) is 0. The molecule has 1 aromatic carbocycles. The largest absolute Gasteiger partial charge is 0.419 e. The number of anilines is 1. The van der Waals surface area contributed by atoms with Gasteiger partial charge in [0.25, 0.3) is 0 Å². The highest BCUT2D eigenvalue weighted by atomic mass is 32.2. The Morgan fingerprint density at radius 3 is 2.55 bits per heavy atom. The van der Waals surface area contributed by atoms with Crippen LogP contribution in [0.25, 0.3) is 0 Å². The lowest BCUT2D eigenvalue weighted by atomic mass is 10.1. The van der Waals surface area contributed by atoms with E-state index in [4.69, 9.17) is 5.14 Å². The van der Waals surface area contributed by atoms with Crippen molar-refractivity contribution in [1.82, 2.24) is 15.8 Å². The molecule has 1 heterocycles. The van der Waals surface area contributed by atoms with E-state index in [1.54, 1.807) is 0 Å². The van der Waals surface area contributed by atoms with Crippen LogP contribution >= 0.6 is 0 Å². The van der Waals surface area contributed by atoms with Gasteiger partial charge in [-0.25, -0.2) is 22.6 Å². The number of unbranched alkanes of at least 4 members (excludes halogenated alkanes) is 2. The minimum atomic E-state index is -4.89. The number of primary sulfonamides is 1. The fourth-order valence-corrected chi connectivity index (χ4v) is 3.15. The molecule has 162 valence electrons. The summed E-state index contributed by atoms with van der Waals surface area (Å²) in [4.78, 5) is 0. The zero-order valence-corrected chi connectivity index (χ0v) is 15.7. The van der Waals surface area contributed by atoms with Crippen LogP contribution in [0, 0.1) is 5.82 Å². The molecule has 1 unspecified atom stereocenters. The number of sulfonamides is 1. The summed E-state index contributed by atoms with van der Waals surface area (Å²) in [5, 5.41) is 24.1. The lowest BCUT2D eigenvalue weighted by Crippen LogP contribution is -2.26. The third-order valence-corrected chi connectivity index (χ3v) is 4.77. The number of nitrogens with one attached hydrogen (secondary N) is 2. The van der Waals surface area contributed by atoms with Crippen molar-refractivity contribution in [2.45, 2.75) is 38.0 Å². The van der Waals surface area contributed by atoms with Crippen molar-refractivity contribution in [2.24, 2.45) is 5.14 Å². The average Bonchev–Trinajstić information content (AvgIpc) is 3.07. The van der Waals surface area contributed by atoms with Gasteiger partial charge in [-0.2, -0.15) is 18.7 Å². The lowest BCUT2D eigenvalue weighted by Gasteiger charge is -2.18. The summed E-state index contributed by atoms with van der Waals surface area (Å²) >= 11 is 0. The maximum absolute atomic E-state index is 13.4. The number of aryl methyl sites for hydroxylation is 1. The Kier molecular flexibility index (Phi) is 7.51. The molecule has 0 bridgehead atoms. The summed E-state index contributed by atoms with van der Waals surface area (Å²) in [5.74, 6) is -1.59. The topological polar surface area (TPSA) is 143 Å². The van der Waals surface area contributed by atoms with Crippen LogP contribution in [0.1, 0.15) is 42.4 Å². The van der Waals surface area contributed by atoms with Crippen LogP contribution in [-0.2, 0) is 22.6 Å². The van der Waals surface area contributed by atoms with Gasteiger partial charge in [0.15, 0.2) is 0 Å². The maximum Gasteiger partial charge on any atom is 0.419 e. The smallest absolute Gasteiger partial charge is 0.363 e. The van der Waals surface area contributed by atoms with Crippen LogP contribution in [0.4, 0.5) is 23.2 Å². The minimum absolute atomic E-state index is 0.0804. The Morgan fingerprint density at radius 1 is 1.21 bits per heavy atom. The summed E-state index contributed by atoms with van der Waals surface area (Å²) in [5.41, 5.74) is 0.630. The third-order valence-electron chi connectivity index (χ3n) is 3.91. The first-order valence-corrected chi connectivity index (χ1v) is 10.1. The molecule has 0 radical (unpaired) electrons. The van der Waals surface area contributed by atoms with Gasteiger partial charge in [-0.1, -0.05) is 16.7 Å². The molecule has 0 saturated heterocycles. The summed E-state index contributed by atoms with van der Waals surface area (Å²) in [7, 11) is -3.54. The first-order chi connectivity index (χ1) is 13.5. The molecule has 14 heteroatoms. The van der Waals surface area contributed by atoms with Crippen molar-refractivity contribution in [3.8, 4) is 0 Å². The predicted octanol–water partition coefficient (Wildman–Crippen LogP) is 2.32. The van der Waals surface area contributed by atoms with Gasteiger partial charge in [0.05, 0.1) is 11.3 Å². The Balaban J connectivity index is 2.05. The van der Waals surface area contributed by atoms with Gasteiger partial charge >= 0.3 is 6.18 Å². The highest BCUT2D eigenvalue weighted by molar-refractivity contribution is 7.89. The lowest BCUT2D eigenvalue weighted by molar-refractivity contribution is -0.139. The van der Waals surface area contributed by atoms with Crippen molar-refractivity contribution >= 4 is 15.7 Å². The number of hydroxylamine groups is 1. The highest BCUT2D eigenvalue weighted by Gasteiger charge is 2.34. The fraction of sp³-hybridized carbons (Fsp3) is 0.467. The number of nitrogens with two attached hydrogens (primary N) is 1. The van der Waals surface area contributed by atoms with Gasteiger partial charge < -0.3 is 10.5 Å². The van der Waals surface area contributed by atoms with E-state index in [2.05, 4.69) is 20.3 Å². The number of hydrogen-bond acceptors (Lipinski definition) is 8. The molecule has 9 nitrogen and oxygen atoms in total. The normalized spacial score (nSPS) is 13.4. The van der Waals surface area contributed by atoms with Crippen molar-refractivity contribution in [3.63, 3.8) is 0 Å². The monoisotopic (exact) mass is 441 g/mol. The van der Waals surface area contributed by atoms with Crippen LogP contribution < -0.4 is 15.9 Å². The van der Waals surface area contributed by atoms with Gasteiger partial charge in [0, 0.05) is 5.69 Å². The molecule has 0 aliphatic heterocycles. The van der Waals surface area contributed by atoms with E-state index in [0.29, 0.717) is 43.5 Å². The Labute approximate surface area is 163 Å². The molecule has 0 spiro atoms. The van der Waals surface area contributed by atoms with Crippen LogP contribution in [-0.4, -0.2) is 29.7 Å². The molecule has 0 aliphatic rings. The number of halogens is 4. The van der Waals surface area contributed by atoms with E-state index < -0.39 is 33.7 Å². The van der Waals surface area contributed by atoms with Crippen LogP contribution in [0.2, 0.25) is 0 Å². The van der Waals surface area contributed by atoms with Crippen LogP contribution in [0.5, 0.6) is 0 Å². The van der Waals surface area contributed by atoms with Gasteiger partial charge in [-0.3, -0.25) is 0 Å². The zero-order chi connectivity index (χ0) is 21.7. The quantitative estimate of drug-likeness (QED) is 0.190. The predicted molar refractivity (Wildman–Crippen MR) is 92.5 cm³/mol. The number of benzene rings is 1. The Bertz CT molecular complexity index is 920. The number of alkyl halides is 3. The van der Waals surface area contributed by atoms with Crippen LogP contribution in [0.3, 0.4) is 0 Å². The molecule has 2 rings (SSSR count). The molecule has 0 fully saturated rings. The molecule has 0 saturated carbocycles. The maximum atomic E-state index is 13.4. The van der Waals surface area contributed by atoms with Gasteiger partial charge in [0.2, 0.25) is 10.0 Å². The molecule has 1 atom stereocenters. The van der Waals surface area contributed by atoms with E-state index >= 15 is 0 Å². The number of hydrogen-bond donors (Lipinski definition) is 4. The fourth-order valence-electron chi connectivity index (χ4n) is 2.54. The SMILES string of the molecule is NS(=O)(=O)CCCCCc1nonc1C(NO)Nc1ccc(F)c(C(F)(F)F)c1. The van der Waals surface area contributed by atoms with Crippen molar-refractivity contribution < 1.29 is 35.8 Å². The van der Waals surface area contributed by atoms with E-state index in [9.17, 15) is 31.2 Å². The van der Waals surface area contributed by atoms with E-state index in [0.717, 1.165) is 6.07 Å². The first-order valence-electron chi connectivity index (χ1n) is 8.36. The van der Waals surface area contributed by atoms with E-state index in [1.807, 2.05) is 5.48 Å². The molecule has 1 aromatic heterocycles. The summed E-state index contributed by atoms with van der Waals surface area (Å²) < 4.78 is 78.3. The number of rotatable bonds is 10. The molecular formula is C15H19F4N5O4S. The first kappa shape index (κ1) is 23.0. The second-order valence-electron chi connectivity index (χ2n) is 6.17. The van der Waals surface area contributed by atoms with E-state index in [1.165, 1.54) is 0 Å². The Morgan fingerprint density at radius 2 is 1.93 bits per heavy atom. The second kappa shape index (κ2) is 9.47. The average molecular weight is 441 g/mol. The van der Waals surface area contributed by atoms with Crippen molar-refractivity contribution in [2.75, 3.05) is 11.1 Å². The van der Waals surface area contributed by atoms with Gasteiger partial charge in [-0.05, 0) is 37.5 Å². The minimum Gasteiger partial charge on any atom is -0.363 e. The molecule has 0 aliphatic carbocycles. The number of aromatic nitrogens is 2. The van der Waals surface area contributed by atoms with Gasteiger partial charge in [-0.15, -0.1) is 0 Å². The molecule has 29 heavy (non-hydrogen) atoms. The molecular weight excluding hydrogens is 422 g/mol. The molecule has 0 amide bonds.